The number of aromatic nitrogens is 1. The highest BCUT2D eigenvalue weighted by molar-refractivity contribution is 7.85. The second-order valence-corrected chi connectivity index (χ2v) is 14.2. The highest BCUT2D eigenvalue weighted by Gasteiger charge is 2.54. The average molecular weight is 564 g/mol. The third kappa shape index (κ3) is 4.83. The SMILES string of the molecule is CC[C@]12CCCN3CCc4c(n(c5ccccc45)C(C(N)C4CCCCC4)C1)[C@@H]32.Cc1ccc(S(=O)(=O)O)cc1. The van der Waals surface area contributed by atoms with Gasteiger partial charge in [0.2, 0.25) is 0 Å². The second kappa shape index (κ2) is 10.9. The molecule has 40 heavy (non-hydrogen) atoms. The topological polar surface area (TPSA) is 88.6 Å². The minimum absolute atomic E-state index is 0.0666. The molecule has 1 aromatic heterocycles. The van der Waals surface area contributed by atoms with E-state index in [9.17, 15) is 8.42 Å². The zero-order chi connectivity index (χ0) is 28.1. The summed E-state index contributed by atoms with van der Waals surface area (Å²) in [7, 11) is -4.02. The molecule has 6 nitrogen and oxygen atoms in total. The summed E-state index contributed by atoms with van der Waals surface area (Å²) in [6.07, 6.45) is 13.4. The van der Waals surface area contributed by atoms with E-state index in [1.165, 1.54) is 100 Å². The van der Waals surface area contributed by atoms with E-state index < -0.39 is 10.1 Å². The molecule has 1 saturated heterocycles. The van der Waals surface area contributed by atoms with Crippen LogP contribution >= 0.6 is 0 Å². The van der Waals surface area contributed by atoms with Gasteiger partial charge >= 0.3 is 0 Å². The normalized spacial score (nSPS) is 27.5. The Bertz CT molecular complexity index is 1460. The zero-order valence-electron chi connectivity index (χ0n) is 24.1. The van der Waals surface area contributed by atoms with Crippen molar-refractivity contribution in [3.63, 3.8) is 0 Å². The van der Waals surface area contributed by atoms with Crippen LogP contribution < -0.4 is 5.73 Å². The van der Waals surface area contributed by atoms with Gasteiger partial charge in [0.25, 0.3) is 10.1 Å². The Morgan fingerprint density at radius 2 is 1.75 bits per heavy atom. The molecule has 4 atom stereocenters. The van der Waals surface area contributed by atoms with Crippen molar-refractivity contribution in [1.29, 1.82) is 0 Å². The van der Waals surface area contributed by atoms with Crippen LogP contribution in [-0.2, 0) is 16.5 Å². The third-order valence-corrected chi connectivity index (χ3v) is 11.5. The van der Waals surface area contributed by atoms with Crippen molar-refractivity contribution in [2.45, 2.75) is 101 Å². The van der Waals surface area contributed by atoms with E-state index in [0.717, 1.165) is 5.56 Å². The lowest BCUT2D eigenvalue weighted by molar-refractivity contribution is -0.0418. The summed E-state index contributed by atoms with van der Waals surface area (Å²) in [5, 5.41) is 1.51. The van der Waals surface area contributed by atoms with Gasteiger partial charge in [0.05, 0.1) is 10.9 Å². The molecule has 2 aromatic carbocycles. The van der Waals surface area contributed by atoms with E-state index in [1.54, 1.807) is 23.4 Å². The summed E-state index contributed by atoms with van der Waals surface area (Å²) < 4.78 is 32.3. The molecular formula is C33H45N3O3S. The Morgan fingerprint density at radius 3 is 2.45 bits per heavy atom. The Hall–Kier alpha value is -2.19. The predicted molar refractivity (Wildman–Crippen MR) is 161 cm³/mol. The van der Waals surface area contributed by atoms with E-state index in [-0.39, 0.29) is 4.90 Å². The standard InChI is InChI=1S/C26H37N3.C7H8O3S/c1-2-26-14-8-15-28-16-13-20-19-11-6-7-12-21(19)29(24(20)25(26)28)22(17-26)23(27)18-9-4-3-5-10-18;1-6-2-4-7(5-3-6)11(8,9)10/h6-7,11-12,18,22-23,25H,2-5,8-10,13-17,27H2,1H3;2-5H,1H3,(H,8,9,10)/t22?,23?,25-,26+;/m1./s1. The molecule has 216 valence electrons. The Kier molecular flexibility index (Phi) is 7.62. The minimum atomic E-state index is -4.02. The van der Waals surface area contributed by atoms with Crippen molar-refractivity contribution in [3.8, 4) is 0 Å². The molecule has 3 aromatic rings. The number of benzene rings is 2. The molecule has 0 bridgehead atoms. The molecule has 3 aliphatic heterocycles. The fraction of sp³-hybridized carbons (Fsp3) is 0.576. The molecule has 1 saturated carbocycles. The number of hydrogen-bond donors (Lipinski definition) is 2. The lowest BCUT2D eigenvalue weighted by Crippen LogP contribution is -2.55. The summed E-state index contributed by atoms with van der Waals surface area (Å²) in [6.45, 7) is 6.83. The summed E-state index contributed by atoms with van der Waals surface area (Å²) in [5.74, 6) is 0.708. The first-order valence-electron chi connectivity index (χ1n) is 15.4. The van der Waals surface area contributed by atoms with Crippen LogP contribution in [0.3, 0.4) is 0 Å². The summed E-state index contributed by atoms with van der Waals surface area (Å²) >= 11 is 0. The van der Waals surface area contributed by atoms with Crippen LogP contribution in [0, 0.1) is 18.3 Å². The van der Waals surface area contributed by atoms with Crippen LogP contribution in [0.15, 0.2) is 53.4 Å². The van der Waals surface area contributed by atoms with Crippen LogP contribution in [0.1, 0.15) is 93.6 Å². The molecule has 0 spiro atoms. The number of piperidine rings is 1. The number of hydrogen-bond acceptors (Lipinski definition) is 4. The first-order valence-corrected chi connectivity index (χ1v) is 16.8. The molecular weight excluding hydrogens is 518 g/mol. The predicted octanol–water partition coefficient (Wildman–Crippen LogP) is 6.82. The van der Waals surface area contributed by atoms with E-state index in [4.69, 9.17) is 10.3 Å². The fourth-order valence-electron chi connectivity index (χ4n) is 8.60. The number of para-hydroxylation sites is 1. The smallest absolute Gasteiger partial charge is 0.294 e. The van der Waals surface area contributed by atoms with Crippen LogP contribution in [0.25, 0.3) is 10.9 Å². The van der Waals surface area contributed by atoms with Crippen molar-refractivity contribution < 1.29 is 13.0 Å². The van der Waals surface area contributed by atoms with Gasteiger partial charge in [-0.3, -0.25) is 9.45 Å². The Balaban J connectivity index is 0.000000223. The lowest BCUT2D eigenvalue weighted by Gasteiger charge is -2.58. The van der Waals surface area contributed by atoms with Crippen molar-refractivity contribution >= 4 is 21.0 Å². The van der Waals surface area contributed by atoms with Crippen LogP contribution in [-0.4, -0.2) is 41.6 Å². The van der Waals surface area contributed by atoms with E-state index in [1.807, 2.05) is 6.92 Å². The highest BCUT2D eigenvalue weighted by atomic mass is 32.2. The van der Waals surface area contributed by atoms with Gasteiger partial charge in [-0.2, -0.15) is 8.42 Å². The van der Waals surface area contributed by atoms with Gasteiger partial charge in [-0.15, -0.1) is 0 Å². The first-order chi connectivity index (χ1) is 19.2. The van der Waals surface area contributed by atoms with E-state index in [0.29, 0.717) is 29.5 Å². The van der Waals surface area contributed by atoms with Gasteiger partial charge in [0.1, 0.15) is 0 Å². The van der Waals surface area contributed by atoms with E-state index >= 15 is 0 Å². The summed E-state index contributed by atoms with van der Waals surface area (Å²) in [6, 6.07) is 16.6. The molecule has 3 N–H and O–H groups in total. The maximum atomic E-state index is 10.5. The molecule has 2 fully saturated rings. The van der Waals surface area contributed by atoms with Gasteiger partial charge in [-0.05, 0) is 93.5 Å². The number of fused-ring (bicyclic) bond motifs is 3. The molecule has 4 heterocycles. The third-order valence-electron chi connectivity index (χ3n) is 10.6. The quantitative estimate of drug-likeness (QED) is 0.340. The molecule has 0 amide bonds. The fourth-order valence-corrected chi connectivity index (χ4v) is 9.08. The largest absolute Gasteiger partial charge is 0.338 e. The maximum absolute atomic E-state index is 10.5. The lowest BCUT2D eigenvalue weighted by atomic mass is 9.61. The van der Waals surface area contributed by atoms with Crippen molar-refractivity contribution in [1.82, 2.24) is 9.47 Å². The zero-order valence-corrected chi connectivity index (χ0v) is 24.9. The van der Waals surface area contributed by atoms with Crippen LogP contribution in [0.4, 0.5) is 0 Å². The summed E-state index contributed by atoms with van der Waals surface area (Å²) in [4.78, 5) is 2.77. The number of nitrogens with two attached hydrogens (primary N) is 1. The van der Waals surface area contributed by atoms with Crippen molar-refractivity contribution in [3.05, 3.63) is 65.4 Å². The van der Waals surface area contributed by atoms with Crippen molar-refractivity contribution in [2.24, 2.45) is 17.1 Å². The molecule has 7 heteroatoms. The minimum Gasteiger partial charge on any atom is -0.338 e. The highest BCUT2D eigenvalue weighted by Crippen LogP contribution is 2.60. The van der Waals surface area contributed by atoms with Gasteiger partial charge in [-0.1, -0.05) is 62.1 Å². The monoisotopic (exact) mass is 563 g/mol. The van der Waals surface area contributed by atoms with Crippen molar-refractivity contribution in [2.75, 3.05) is 13.1 Å². The second-order valence-electron chi connectivity index (χ2n) is 12.8. The molecule has 0 radical (unpaired) electrons. The molecule has 7 rings (SSSR count). The maximum Gasteiger partial charge on any atom is 0.294 e. The Labute approximate surface area is 239 Å². The van der Waals surface area contributed by atoms with Gasteiger partial charge < -0.3 is 10.3 Å². The van der Waals surface area contributed by atoms with Gasteiger partial charge in [-0.25, -0.2) is 0 Å². The summed E-state index contributed by atoms with van der Waals surface area (Å²) in [5.41, 5.74) is 13.4. The Morgan fingerprint density at radius 1 is 1.02 bits per heavy atom. The number of rotatable bonds is 4. The molecule has 4 aliphatic rings. The van der Waals surface area contributed by atoms with Gasteiger partial charge in [0, 0.05) is 35.2 Å². The average Bonchev–Trinajstić information content (AvgIpc) is 3.31. The first kappa shape index (κ1) is 28.0. The number of nitrogens with zero attached hydrogens (tertiary/aromatic N) is 2. The van der Waals surface area contributed by atoms with Crippen LogP contribution in [0.5, 0.6) is 0 Å². The van der Waals surface area contributed by atoms with E-state index in [2.05, 4.69) is 40.7 Å². The molecule has 2 unspecified atom stereocenters. The van der Waals surface area contributed by atoms with Crippen LogP contribution in [0.2, 0.25) is 0 Å². The van der Waals surface area contributed by atoms with Gasteiger partial charge in [0.15, 0.2) is 0 Å². The molecule has 1 aliphatic carbocycles. The number of aryl methyl sites for hydroxylation is 1.